The van der Waals surface area contributed by atoms with Crippen LogP contribution in [0, 0.1) is 11.8 Å². The lowest BCUT2D eigenvalue weighted by Gasteiger charge is -2.36. The molecule has 0 amide bonds. The Morgan fingerprint density at radius 2 is 2.19 bits per heavy atom. The van der Waals surface area contributed by atoms with Crippen molar-refractivity contribution in [2.45, 2.75) is 46.2 Å². The average Bonchev–Trinajstić information content (AvgIpc) is 2.48. The average molecular weight is 292 g/mol. The van der Waals surface area contributed by atoms with E-state index < -0.39 is 0 Å². The van der Waals surface area contributed by atoms with Crippen molar-refractivity contribution >= 4 is 5.82 Å². The van der Waals surface area contributed by atoms with Crippen molar-refractivity contribution in [2.75, 3.05) is 25.0 Å². The molecule has 2 rings (SSSR count). The largest absolute Gasteiger partial charge is 0.352 e. The predicted octanol–water partition coefficient (Wildman–Crippen LogP) is 1.72. The quantitative estimate of drug-likeness (QED) is 0.898. The fraction of sp³-hybridized carbons (Fsp3) is 0.750. The van der Waals surface area contributed by atoms with Gasteiger partial charge < -0.3 is 14.8 Å². The molecule has 1 aromatic heterocycles. The van der Waals surface area contributed by atoms with Gasteiger partial charge in [0.15, 0.2) is 5.82 Å². The molecule has 1 aromatic rings. The molecule has 2 heterocycles. The van der Waals surface area contributed by atoms with Gasteiger partial charge in [-0.3, -0.25) is 4.79 Å². The molecular formula is C16H28N4O. The van der Waals surface area contributed by atoms with Crippen LogP contribution in [-0.4, -0.2) is 35.7 Å². The first kappa shape index (κ1) is 16.0. The summed E-state index contributed by atoms with van der Waals surface area (Å²) in [4.78, 5) is 19.1. The lowest BCUT2D eigenvalue weighted by molar-refractivity contribution is 0.331. The first-order chi connectivity index (χ1) is 10.0. The van der Waals surface area contributed by atoms with Gasteiger partial charge in [0.05, 0.1) is 0 Å². The minimum absolute atomic E-state index is 0.0453. The highest BCUT2D eigenvalue weighted by molar-refractivity contribution is 5.36. The zero-order chi connectivity index (χ0) is 15.4. The van der Waals surface area contributed by atoms with Crippen LogP contribution in [-0.2, 0) is 6.54 Å². The van der Waals surface area contributed by atoms with Crippen molar-refractivity contribution in [1.82, 2.24) is 14.9 Å². The van der Waals surface area contributed by atoms with E-state index in [1.165, 1.54) is 6.42 Å². The minimum Gasteiger partial charge on any atom is -0.352 e. The number of anilines is 1. The third kappa shape index (κ3) is 3.84. The van der Waals surface area contributed by atoms with Gasteiger partial charge in [0.2, 0.25) is 0 Å². The van der Waals surface area contributed by atoms with E-state index in [0.29, 0.717) is 23.7 Å². The summed E-state index contributed by atoms with van der Waals surface area (Å²) in [5, 5.41) is 3.33. The summed E-state index contributed by atoms with van der Waals surface area (Å²) >= 11 is 0. The standard InChI is InChI=1S/C16H28N4O/c1-12(2)10-20-9-7-18-15(16(20)21)19-8-5-6-14(11-19)13(3)17-4/h7,9,12-14,17H,5-6,8,10-11H2,1-4H3. The third-order valence-electron chi connectivity index (χ3n) is 4.38. The van der Waals surface area contributed by atoms with Gasteiger partial charge in [-0.05, 0) is 38.6 Å². The number of hydrogen-bond donors (Lipinski definition) is 1. The Bertz CT molecular complexity index is 511. The van der Waals surface area contributed by atoms with Crippen molar-refractivity contribution in [3.05, 3.63) is 22.7 Å². The zero-order valence-electron chi connectivity index (χ0n) is 13.7. The van der Waals surface area contributed by atoms with Gasteiger partial charge in [0.1, 0.15) is 0 Å². The Balaban J connectivity index is 2.19. The predicted molar refractivity (Wildman–Crippen MR) is 86.8 cm³/mol. The zero-order valence-corrected chi connectivity index (χ0v) is 13.7. The molecule has 5 heteroatoms. The molecule has 21 heavy (non-hydrogen) atoms. The minimum atomic E-state index is 0.0453. The van der Waals surface area contributed by atoms with E-state index in [4.69, 9.17) is 0 Å². The fourth-order valence-corrected chi connectivity index (χ4v) is 3.04. The number of nitrogens with one attached hydrogen (secondary N) is 1. The number of hydrogen-bond acceptors (Lipinski definition) is 4. The van der Waals surface area contributed by atoms with Crippen LogP contribution in [0.2, 0.25) is 0 Å². The second kappa shape index (κ2) is 7.07. The molecule has 0 spiro atoms. The lowest BCUT2D eigenvalue weighted by Crippen LogP contribution is -2.46. The summed E-state index contributed by atoms with van der Waals surface area (Å²) < 4.78 is 1.79. The maximum absolute atomic E-state index is 12.6. The molecule has 0 aliphatic carbocycles. The molecule has 0 bridgehead atoms. The second-order valence-corrected chi connectivity index (χ2v) is 6.53. The Morgan fingerprint density at radius 1 is 1.43 bits per heavy atom. The Hall–Kier alpha value is -1.36. The Kier molecular flexibility index (Phi) is 5.39. The Labute approximate surface area is 127 Å². The highest BCUT2D eigenvalue weighted by Gasteiger charge is 2.26. The number of piperidine rings is 1. The van der Waals surface area contributed by atoms with Crippen LogP contribution in [0.4, 0.5) is 5.82 Å². The van der Waals surface area contributed by atoms with E-state index in [1.807, 2.05) is 7.05 Å². The molecule has 0 saturated carbocycles. The van der Waals surface area contributed by atoms with E-state index in [0.717, 1.165) is 26.1 Å². The summed E-state index contributed by atoms with van der Waals surface area (Å²) in [6, 6.07) is 0.467. The van der Waals surface area contributed by atoms with Crippen LogP contribution in [0.5, 0.6) is 0 Å². The molecular weight excluding hydrogens is 264 g/mol. The summed E-state index contributed by atoms with van der Waals surface area (Å²) in [5.74, 6) is 1.64. The summed E-state index contributed by atoms with van der Waals surface area (Å²) in [7, 11) is 2.00. The van der Waals surface area contributed by atoms with E-state index in [2.05, 4.69) is 36.0 Å². The fourth-order valence-electron chi connectivity index (χ4n) is 3.04. The van der Waals surface area contributed by atoms with Gasteiger partial charge in [-0.25, -0.2) is 4.98 Å². The van der Waals surface area contributed by atoms with Crippen LogP contribution >= 0.6 is 0 Å². The van der Waals surface area contributed by atoms with Gasteiger partial charge in [0.25, 0.3) is 5.56 Å². The van der Waals surface area contributed by atoms with E-state index in [-0.39, 0.29) is 5.56 Å². The maximum Gasteiger partial charge on any atom is 0.293 e. The highest BCUT2D eigenvalue weighted by Crippen LogP contribution is 2.22. The molecule has 2 atom stereocenters. The van der Waals surface area contributed by atoms with Gasteiger partial charge in [-0.1, -0.05) is 13.8 Å². The molecule has 1 saturated heterocycles. The van der Waals surface area contributed by atoms with Gasteiger partial charge in [-0.2, -0.15) is 0 Å². The molecule has 0 radical (unpaired) electrons. The molecule has 118 valence electrons. The lowest BCUT2D eigenvalue weighted by atomic mass is 9.92. The molecule has 1 aliphatic rings. The monoisotopic (exact) mass is 292 g/mol. The Morgan fingerprint density at radius 3 is 2.86 bits per heavy atom. The van der Waals surface area contributed by atoms with E-state index in [9.17, 15) is 4.79 Å². The van der Waals surface area contributed by atoms with Crippen molar-refractivity contribution in [1.29, 1.82) is 0 Å². The van der Waals surface area contributed by atoms with Crippen LogP contribution < -0.4 is 15.8 Å². The molecule has 1 fully saturated rings. The number of aromatic nitrogens is 2. The third-order valence-corrected chi connectivity index (χ3v) is 4.38. The van der Waals surface area contributed by atoms with Crippen molar-refractivity contribution in [3.63, 3.8) is 0 Å². The molecule has 1 N–H and O–H groups in total. The van der Waals surface area contributed by atoms with Crippen LogP contribution in [0.3, 0.4) is 0 Å². The van der Waals surface area contributed by atoms with Crippen LogP contribution in [0.1, 0.15) is 33.6 Å². The van der Waals surface area contributed by atoms with Crippen molar-refractivity contribution < 1.29 is 0 Å². The smallest absolute Gasteiger partial charge is 0.293 e. The van der Waals surface area contributed by atoms with Gasteiger partial charge in [0, 0.05) is 38.1 Å². The maximum atomic E-state index is 12.6. The SMILES string of the molecule is CNC(C)C1CCCN(c2nccn(CC(C)C)c2=O)C1. The summed E-state index contributed by atoms with van der Waals surface area (Å²) in [5.41, 5.74) is 0.0453. The molecule has 0 aromatic carbocycles. The number of nitrogens with zero attached hydrogens (tertiary/aromatic N) is 3. The van der Waals surface area contributed by atoms with E-state index in [1.54, 1.807) is 17.0 Å². The second-order valence-electron chi connectivity index (χ2n) is 6.53. The molecule has 2 unspecified atom stereocenters. The molecule has 5 nitrogen and oxygen atoms in total. The topological polar surface area (TPSA) is 50.2 Å². The first-order valence-electron chi connectivity index (χ1n) is 8.00. The van der Waals surface area contributed by atoms with Crippen LogP contribution in [0.15, 0.2) is 17.2 Å². The van der Waals surface area contributed by atoms with Gasteiger partial charge in [-0.15, -0.1) is 0 Å². The normalized spacial score (nSPS) is 20.8. The first-order valence-corrected chi connectivity index (χ1v) is 8.00. The summed E-state index contributed by atoms with van der Waals surface area (Å²) in [6.45, 7) is 9.05. The van der Waals surface area contributed by atoms with E-state index >= 15 is 0 Å². The highest BCUT2D eigenvalue weighted by atomic mass is 16.1. The van der Waals surface area contributed by atoms with Crippen molar-refractivity contribution in [3.8, 4) is 0 Å². The van der Waals surface area contributed by atoms with Gasteiger partial charge >= 0.3 is 0 Å². The molecule has 1 aliphatic heterocycles. The van der Waals surface area contributed by atoms with Crippen LogP contribution in [0.25, 0.3) is 0 Å². The van der Waals surface area contributed by atoms with Crippen molar-refractivity contribution in [2.24, 2.45) is 11.8 Å². The summed E-state index contributed by atoms with van der Waals surface area (Å²) in [6.07, 6.45) is 5.89. The number of rotatable bonds is 5.